The van der Waals surface area contributed by atoms with E-state index in [9.17, 15) is 8.42 Å². The predicted octanol–water partition coefficient (Wildman–Crippen LogP) is 4.29. The number of aromatic nitrogens is 1. The maximum Gasteiger partial charge on any atom is 0.244 e. The van der Waals surface area contributed by atoms with Crippen molar-refractivity contribution in [3.05, 3.63) is 90.3 Å². The lowest BCUT2D eigenvalue weighted by Crippen LogP contribution is -2.52. The van der Waals surface area contributed by atoms with Crippen LogP contribution in [0.1, 0.15) is 30.4 Å². The molecule has 0 radical (unpaired) electrons. The molecule has 168 valence electrons. The van der Waals surface area contributed by atoms with Gasteiger partial charge in [-0.2, -0.15) is 4.31 Å². The number of pyridine rings is 1. The topological polar surface area (TPSA) is 62.7 Å². The van der Waals surface area contributed by atoms with Crippen LogP contribution in [0.2, 0.25) is 0 Å². The molecule has 1 saturated heterocycles. The fourth-order valence-electron chi connectivity index (χ4n) is 4.21. The molecule has 1 aromatic heterocycles. The number of piperidine rings is 1. The Morgan fingerprint density at radius 3 is 2.44 bits per heavy atom. The van der Waals surface area contributed by atoms with Crippen molar-refractivity contribution < 1.29 is 13.2 Å². The van der Waals surface area contributed by atoms with Gasteiger partial charge in [-0.3, -0.25) is 9.88 Å². The monoisotopic (exact) mass is 451 g/mol. The van der Waals surface area contributed by atoms with Crippen molar-refractivity contribution in [2.45, 2.75) is 43.4 Å². The predicted molar refractivity (Wildman–Crippen MR) is 124 cm³/mol. The minimum absolute atomic E-state index is 0.226. The Morgan fingerprint density at radius 2 is 1.75 bits per heavy atom. The first-order valence-electron chi connectivity index (χ1n) is 10.9. The quantitative estimate of drug-likeness (QED) is 0.511. The van der Waals surface area contributed by atoms with Crippen LogP contribution in [0.5, 0.6) is 5.75 Å². The molecule has 1 aliphatic heterocycles. The molecule has 1 aliphatic rings. The fraction of sp³-hybridized carbons (Fsp3) is 0.320. The number of methoxy groups -OCH3 is 1. The van der Waals surface area contributed by atoms with Crippen LogP contribution < -0.4 is 4.74 Å². The van der Waals surface area contributed by atoms with E-state index in [2.05, 4.69) is 9.88 Å². The standard InChI is InChI=1S/C25H29N3O3S/c1-31-23-12-14-24(15-13-23)32(29,30)28(20-21-8-3-2-4-9-21)25-11-5-6-17-27(25)19-22-10-7-16-26-18-22/h2-4,7-10,12-16,18,25H,5-6,11,17,19-20H2,1H3. The summed E-state index contributed by atoms with van der Waals surface area (Å²) in [6.45, 7) is 1.84. The third-order valence-electron chi connectivity index (χ3n) is 5.87. The summed E-state index contributed by atoms with van der Waals surface area (Å²) < 4.78 is 34.6. The van der Waals surface area contributed by atoms with Gasteiger partial charge in [0.2, 0.25) is 10.0 Å². The van der Waals surface area contributed by atoms with Crippen LogP contribution in [-0.2, 0) is 23.1 Å². The Balaban J connectivity index is 1.70. The molecule has 0 saturated carbocycles. The number of rotatable bonds is 8. The molecular weight excluding hydrogens is 422 g/mol. The second kappa shape index (κ2) is 10.3. The maximum atomic E-state index is 13.9. The molecule has 3 aromatic rings. The molecule has 0 N–H and O–H groups in total. The molecule has 2 heterocycles. The van der Waals surface area contributed by atoms with Gasteiger partial charge in [0.1, 0.15) is 5.75 Å². The first-order valence-corrected chi connectivity index (χ1v) is 12.3. The fourth-order valence-corrected chi connectivity index (χ4v) is 5.84. The highest BCUT2D eigenvalue weighted by atomic mass is 32.2. The second-order valence-electron chi connectivity index (χ2n) is 8.02. The molecule has 0 bridgehead atoms. The Labute approximate surface area is 190 Å². The summed E-state index contributed by atoms with van der Waals surface area (Å²) >= 11 is 0. The van der Waals surface area contributed by atoms with Crippen LogP contribution in [0, 0.1) is 0 Å². The van der Waals surface area contributed by atoms with Crippen molar-refractivity contribution in [2.24, 2.45) is 0 Å². The van der Waals surface area contributed by atoms with Gasteiger partial charge in [-0.15, -0.1) is 0 Å². The summed E-state index contributed by atoms with van der Waals surface area (Å²) in [4.78, 5) is 6.78. The molecule has 1 fully saturated rings. The van der Waals surface area contributed by atoms with Gasteiger partial charge in [0.25, 0.3) is 0 Å². The Kier molecular flexibility index (Phi) is 7.19. The number of likely N-dealkylation sites (tertiary alicyclic amines) is 1. The van der Waals surface area contributed by atoms with E-state index in [0.717, 1.165) is 36.9 Å². The number of hydrogen-bond donors (Lipinski definition) is 0. The average Bonchev–Trinajstić information content (AvgIpc) is 2.84. The summed E-state index contributed by atoms with van der Waals surface area (Å²) in [7, 11) is -2.16. The maximum absolute atomic E-state index is 13.9. The van der Waals surface area contributed by atoms with Crippen molar-refractivity contribution in [3.8, 4) is 5.75 Å². The highest BCUT2D eigenvalue weighted by Crippen LogP contribution is 2.30. The zero-order chi connectivity index (χ0) is 22.4. The molecule has 0 amide bonds. The van der Waals surface area contributed by atoms with E-state index in [1.807, 2.05) is 48.7 Å². The second-order valence-corrected chi connectivity index (χ2v) is 9.91. The van der Waals surface area contributed by atoms with Crippen molar-refractivity contribution >= 4 is 10.0 Å². The molecule has 7 heteroatoms. The molecule has 1 atom stereocenters. The molecule has 0 spiro atoms. The van der Waals surface area contributed by atoms with Crippen molar-refractivity contribution in [2.75, 3.05) is 13.7 Å². The summed E-state index contributed by atoms with van der Waals surface area (Å²) in [5.41, 5.74) is 2.05. The minimum atomic E-state index is -3.73. The number of sulfonamides is 1. The van der Waals surface area contributed by atoms with E-state index >= 15 is 0 Å². The van der Waals surface area contributed by atoms with Crippen LogP contribution in [0.3, 0.4) is 0 Å². The van der Waals surface area contributed by atoms with Crippen LogP contribution in [-0.4, -0.2) is 42.4 Å². The molecular formula is C25H29N3O3S. The lowest BCUT2D eigenvalue weighted by Gasteiger charge is -2.42. The first-order chi connectivity index (χ1) is 15.6. The molecule has 6 nitrogen and oxygen atoms in total. The zero-order valence-corrected chi connectivity index (χ0v) is 19.1. The van der Waals surface area contributed by atoms with Gasteiger partial charge in [0.05, 0.1) is 18.2 Å². The summed E-state index contributed by atoms with van der Waals surface area (Å²) in [5, 5.41) is 0. The lowest BCUT2D eigenvalue weighted by molar-refractivity contribution is 0.0530. The molecule has 2 aromatic carbocycles. The van der Waals surface area contributed by atoms with Crippen molar-refractivity contribution in [1.82, 2.24) is 14.2 Å². The number of hydrogen-bond acceptors (Lipinski definition) is 5. The van der Waals surface area contributed by atoms with E-state index in [4.69, 9.17) is 4.74 Å². The highest BCUT2D eigenvalue weighted by molar-refractivity contribution is 7.89. The largest absolute Gasteiger partial charge is 0.497 e. The van der Waals surface area contributed by atoms with Gasteiger partial charge in [-0.1, -0.05) is 36.4 Å². The van der Waals surface area contributed by atoms with Crippen molar-refractivity contribution in [3.63, 3.8) is 0 Å². The number of benzene rings is 2. The smallest absolute Gasteiger partial charge is 0.244 e. The van der Waals surface area contributed by atoms with E-state index in [1.54, 1.807) is 41.9 Å². The zero-order valence-electron chi connectivity index (χ0n) is 18.3. The van der Waals surface area contributed by atoms with E-state index in [1.165, 1.54) is 0 Å². The Morgan fingerprint density at radius 1 is 1.00 bits per heavy atom. The van der Waals surface area contributed by atoms with Crippen LogP contribution in [0.4, 0.5) is 0 Å². The van der Waals surface area contributed by atoms with Gasteiger partial charge >= 0.3 is 0 Å². The number of nitrogens with zero attached hydrogens (tertiary/aromatic N) is 3. The highest BCUT2D eigenvalue weighted by Gasteiger charge is 2.36. The summed E-state index contributed by atoms with van der Waals surface area (Å²) in [6, 6.07) is 20.4. The van der Waals surface area contributed by atoms with E-state index in [0.29, 0.717) is 18.8 Å². The van der Waals surface area contributed by atoms with E-state index < -0.39 is 10.0 Å². The van der Waals surface area contributed by atoms with Gasteiger partial charge in [-0.25, -0.2) is 8.42 Å². The average molecular weight is 452 g/mol. The minimum Gasteiger partial charge on any atom is -0.497 e. The Bertz CT molecular complexity index is 1090. The van der Waals surface area contributed by atoms with Crippen LogP contribution >= 0.6 is 0 Å². The summed E-state index contributed by atoms with van der Waals surface area (Å²) in [5.74, 6) is 0.634. The Hall–Kier alpha value is -2.74. The van der Waals surface area contributed by atoms with E-state index in [-0.39, 0.29) is 11.1 Å². The third-order valence-corrected chi connectivity index (χ3v) is 7.73. The SMILES string of the molecule is COc1ccc(S(=O)(=O)N(Cc2ccccc2)C2CCCCN2Cc2cccnc2)cc1. The molecule has 4 rings (SSSR count). The normalized spacial score (nSPS) is 17.4. The molecule has 32 heavy (non-hydrogen) atoms. The number of ether oxygens (including phenoxy) is 1. The van der Waals surface area contributed by atoms with Gasteiger partial charge < -0.3 is 4.74 Å². The van der Waals surface area contributed by atoms with Crippen LogP contribution in [0.15, 0.2) is 84.0 Å². The molecule has 1 unspecified atom stereocenters. The summed E-state index contributed by atoms with van der Waals surface area (Å²) in [6.07, 6.45) is 6.23. The first kappa shape index (κ1) is 22.5. The van der Waals surface area contributed by atoms with Gasteiger partial charge in [-0.05, 0) is 60.7 Å². The van der Waals surface area contributed by atoms with Gasteiger partial charge in [0, 0.05) is 32.0 Å². The third kappa shape index (κ3) is 5.18. The lowest BCUT2D eigenvalue weighted by atomic mass is 10.1. The van der Waals surface area contributed by atoms with Crippen LogP contribution in [0.25, 0.3) is 0 Å². The molecule has 0 aliphatic carbocycles. The van der Waals surface area contributed by atoms with Gasteiger partial charge in [0.15, 0.2) is 0 Å². The van der Waals surface area contributed by atoms with Crippen molar-refractivity contribution in [1.29, 1.82) is 0 Å².